The number of H-pyrrole nitrogens is 1. The zero-order valence-corrected chi connectivity index (χ0v) is 14.1. The summed E-state index contributed by atoms with van der Waals surface area (Å²) in [5.41, 5.74) is 2.48. The number of benzene rings is 2. The maximum atomic E-state index is 12.4. The van der Waals surface area contributed by atoms with Crippen LogP contribution >= 0.6 is 0 Å². The van der Waals surface area contributed by atoms with Crippen LogP contribution in [0.15, 0.2) is 53.6 Å². The highest BCUT2D eigenvalue weighted by Crippen LogP contribution is 2.21. The zero-order chi connectivity index (χ0) is 17.3. The van der Waals surface area contributed by atoms with Gasteiger partial charge in [-0.3, -0.25) is 4.79 Å². The second-order valence-electron chi connectivity index (χ2n) is 5.42. The molecule has 124 valence electrons. The van der Waals surface area contributed by atoms with Gasteiger partial charge in [0.05, 0.1) is 4.90 Å². The number of carbonyl (C=O) groups excluding carboxylic acids is 1. The molecule has 0 radical (unpaired) electrons. The first-order valence-corrected chi connectivity index (χ1v) is 8.82. The highest BCUT2D eigenvalue weighted by Gasteiger charge is 2.16. The molecular weight excluding hydrogens is 326 g/mol. The van der Waals surface area contributed by atoms with Crippen LogP contribution in [0.2, 0.25) is 0 Å². The van der Waals surface area contributed by atoms with Gasteiger partial charge in [0.1, 0.15) is 0 Å². The van der Waals surface area contributed by atoms with E-state index < -0.39 is 10.0 Å². The molecule has 0 saturated carbocycles. The Labute approximate surface area is 139 Å². The van der Waals surface area contributed by atoms with Crippen molar-refractivity contribution in [1.29, 1.82) is 0 Å². The summed E-state index contributed by atoms with van der Waals surface area (Å²) in [4.78, 5) is 15.6. The van der Waals surface area contributed by atoms with Crippen molar-refractivity contribution in [2.45, 2.75) is 11.8 Å². The number of aromatic nitrogens is 1. The summed E-state index contributed by atoms with van der Waals surface area (Å²) < 4.78 is 26.3. The average Bonchev–Trinajstić information content (AvgIpc) is 3.04. The summed E-state index contributed by atoms with van der Waals surface area (Å²) in [5, 5.41) is 3.67. The van der Waals surface area contributed by atoms with E-state index in [9.17, 15) is 13.2 Å². The van der Waals surface area contributed by atoms with Gasteiger partial charge in [0, 0.05) is 28.4 Å². The quantitative estimate of drug-likeness (QED) is 0.680. The predicted octanol–water partition coefficient (Wildman–Crippen LogP) is 2.64. The fraction of sp³-hybridized carbons (Fsp3) is 0.118. The minimum absolute atomic E-state index is 0.142. The molecule has 7 heteroatoms. The van der Waals surface area contributed by atoms with Crippen LogP contribution in [0.3, 0.4) is 0 Å². The molecule has 1 aromatic heterocycles. The maximum absolute atomic E-state index is 12.4. The number of hydrogen-bond acceptors (Lipinski definition) is 3. The number of carbonyl (C=O) groups is 1. The molecule has 0 bridgehead atoms. The normalized spacial score (nSPS) is 11.6. The Morgan fingerprint density at radius 2 is 1.88 bits per heavy atom. The van der Waals surface area contributed by atoms with Crippen molar-refractivity contribution in [2.75, 3.05) is 12.4 Å². The Balaban J connectivity index is 1.90. The van der Waals surface area contributed by atoms with Crippen LogP contribution in [0.1, 0.15) is 15.9 Å². The van der Waals surface area contributed by atoms with Gasteiger partial charge in [-0.25, -0.2) is 13.1 Å². The monoisotopic (exact) mass is 343 g/mol. The molecule has 0 fully saturated rings. The number of hydrogen-bond donors (Lipinski definition) is 3. The van der Waals surface area contributed by atoms with Crippen LogP contribution in [0.5, 0.6) is 0 Å². The van der Waals surface area contributed by atoms with Crippen molar-refractivity contribution >= 4 is 32.5 Å². The minimum atomic E-state index is -3.58. The van der Waals surface area contributed by atoms with Gasteiger partial charge in [0.25, 0.3) is 5.91 Å². The van der Waals surface area contributed by atoms with E-state index in [0.29, 0.717) is 16.8 Å². The van der Waals surface area contributed by atoms with Gasteiger partial charge < -0.3 is 10.3 Å². The Morgan fingerprint density at radius 3 is 2.62 bits per heavy atom. The largest absolute Gasteiger partial charge is 0.361 e. The molecule has 0 spiro atoms. The van der Waals surface area contributed by atoms with E-state index in [1.807, 2.05) is 12.1 Å². The van der Waals surface area contributed by atoms with Crippen LogP contribution in [0.25, 0.3) is 10.9 Å². The minimum Gasteiger partial charge on any atom is -0.361 e. The average molecular weight is 343 g/mol. The van der Waals surface area contributed by atoms with Gasteiger partial charge in [-0.05, 0) is 55.9 Å². The van der Waals surface area contributed by atoms with E-state index in [-0.39, 0.29) is 10.8 Å². The smallest absolute Gasteiger partial charge is 0.255 e. The van der Waals surface area contributed by atoms with Gasteiger partial charge >= 0.3 is 0 Å². The Hall–Kier alpha value is -2.64. The molecule has 3 aromatic rings. The Kier molecular flexibility index (Phi) is 4.13. The first-order chi connectivity index (χ1) is 11.4. The van der Waals surface area contributed by atoms with Gasteiger partial charge in [-0.1, -0.05) is 6.07 Å². The molecule has 6 nitrogen and oxygen atoms in total. The molecule has 0 aliphatic heterocycles. The molecule has 24 heavy (non-hydrogen) atoms. The zero-order valence-electron chi connectivity index (χ0n) is 13.3. The lowest BCUT2D eigenvalue weighted by Gasteiger charge is -2.10. The van der Waals surface area contributed by atoms with Crippen LogP contribution in [-0.4, -0.2) is 26.4 Å². The predicted molar refractivity (Wildman–Crippen MR) is 93.7 cm³/mol. The van der Waals surface area contributed by atoms with E-state index in [4.69, 9.17) is 0 Å². The molecule has 0 atom stereocenters. The third kappa shape index (κ3) is 3.04. The summed E-state index contributed by atoms with van der Waals surface area (Å²) in [6.07, 6.45) is 1.81. The molecular formula is C17H17N3O3S. The van der Waals surface area contributed by atoms with Gasteiger partial charge in [0.15, 0.2) is 0 Å². The fourth-order valence-corrected chi connectivity index (χ4v) is 3.47. The first-order valence-electron chi connectivity index (χ1n) is 7.33. The third-order valence-corrected chi connectivity index (χ3v) is 5.38. The summed E-state index contributed by atoms with van der Waals surface area (Å²) in [6, 6.07) is 12.0. The molecule has 3 N–H and O–H groups in total. The molecule has 3 rings (SSSR count). The molecule has 0 aliphatic carbocycles. The molecule has 0 unspecified atom stereocenters. The van der Waals surface area contributed by atoms with Gasteiger partial charge in [-0.15, -0.1) is 0 Å². The lowest BCUT2D eigenvalue weighted by molar-refractivity contribution is 0.102. The van der Waals surface area contributed by atoms with Crippen LogP contribution in [-0.2, 0) is 10.0 Å². The molecule has 0 saturated heterocycles. The lowest BCUT2D eigenvalue weighted by Crippen LogP contribution is -2.20. The summed E-state index contributed by atoms with van der Waals surface area (Å²) in [5.74, 6) is -0.297. The maximum Gasteiger partial charge on any atom is 0.255 e. The highest BCUT2D eigenvalue weighted by atomic mass is 32.2. The van der Waals surface area contributed by atoms with Crippen LogP contribution < -0.4 is 10.0 Å². The number of aromatic amines is 1. The standard InChI is InChI=1S/C17H17N3O3S/c1-11-3-5-14(10-16(11)24(22,23)18-2)20-17(21)13-4-6-15-12(9-13)7-8-19-15/h3-10,18-19H,1-2H3,(H,20,21). The number of sulfonamides is 1. The number of nitrogens with one attached hydrogen (secondary N) is 3. The van der Waals surface area contributed by atoms with Crippen molar-refractivity contribution in [3.63, 3.8) is 0 Å². The van der Waals surface area contributed by atoms with Crippen molar-refractivity contribution < 1.29 is 13.2 Å². The van der Waals surface area contributed by atoms with Crippen LogP contribution in [0, 0.1) is 6.92 Å². The highest BCUT2D eigenvalue weighted by molar-refractivity contribution is 7.89. The first kappa shape index (κ1) is 16.2. The number of fused-ring (bicyclic) bond motifs is 1. The number of rotatable bonds is 4. The van der Waals surface area contributed by atoms with Crippen LogP contribution in [0.4, 0.5) is 5.69 Å². The van der Waals surface area contributed by atoms with Crippen molar-refractivity contribution in [2.24, 2.45) is 0 Å². The molecule has 1 heterocycles. The number of aryl methyl sites for hydroxylation is 1. The second kappa shape index (κ2) is 6.10. The molecule has 0 aliphatic rings. The fourth-order valence-electron chi connectivity index (χ4n) is 2.48. The number of anilines is 1. The summed E-state index contributed by atoms with van der Waals surface area (Å²) in [6.45, 7) is 1.70. The van der Waals surface area contributed by atoms with E-state index >= 15 is 0 Å². The van der Waals surface area contributed by atoms with Crippen molar-refractivity contribution in [3.8, 4) is 0 Å². The molecule has 2 aromatic carbocycles. The summed E-state index contributed by atoms with van der Waals surface area (Å²) in [7, 11) is -2.23. The van der Waals surface area contributed by atoms with Gasteiger partial charge in [0.2, 0.25) is 10.0 Å². The number of amides is 1. The third-order valence-electron chi connectivity index (χ3n) is 3.82. The Morgan fingerprint density at radius 1 is 1.08 bits per heavy atom. The van der Waals surface area contributed by atoms with Crippen molar-refractivity contribution in [3.05, 3.63) is 59.8 Å². The molecule has 1 amide bonds. The van der Waals surface area contributed by atoms with E-state index in [1.165, 1.54) is 13.1 Å². The van der Waals surface area contributed by atoms with Crippen molar-refractivity contribution in [1.82, 2.24) is 9.71 Å². The summed E-state index contributed by atoms with van der Waals surface area (Å²) >= 11 is 0. The van der Waals surface area contributed by atoms with E-state index in [0.717, 1.165) is 10.9 Å². The van der Waals surface area contributed by atoms with Gasteiger partial charge in [-0.2, -0.15) is 0 Å². The van der Waals surface area contributed by atoms with E-state index in [1.54, 1.807) is 37.4 Å². The topological polar surface area (TPSA) is 91.1 Å². The second-order valence-corrected chi connectivity index (χ2v) is 7.28. The Bertz CT molecular complexity index is 1020. The lowest BCUT2D eigenvalue weighted by atomic mass is 10.1. The van der Waals surface area contributed by atoms with E-state index in [2.05, 4.69) is 15.0 Å². The SMILES string of the molecule is CNS(=O)(=O)c1cc(NC(=O)c2ccc3[nH]ccc3c2)ccc1C.